The molecule has 0 unspecified atom stereocenters. The first-order valence-corrected chi connectivity index (χ1v) is 6.66. The van der Waals surface area contributed by atoms with Crippen LogP contribution in [-0.2, 0) is 10.8 Å². The molecule has 0 nitrogen and oxygen atoms in total. The monoisotopic (exact) mass is 218 g/mol. The summed E-state index contributed by atoms with van der Waals surface area (Å²) in [5.74, 6) is 1.32. The zero-order valence-electron chi connectivity index (χ0n) is 9.92. The molecule has 0 saturated carbocycles. The van der Waals surface area contributed by atoms with E-state index in [9.17, 15) is 0 Å². The fraction of sp³-hybridized carbons (Fsp3) is 0.571. The number of fused-ring (bicyclic) bond motifs is 1. The second kappa shape index (κ2) is 2.45. The Kier molecular flexibility index (Phi) is 1.60. The third kappa shape index (κ3) is 0.875. The van der Waals surface area contributed by atoms with Crippen molar-refractivity contribution in [3.8, 4) is 0 Å². The predicted molar refractivity (Wildman–Crippen MR) is 67.7 cm³/mol. The first-order chi connectivity index (χ1) is 6.93. The lowest BCUT2D eigenvalue weighted by atomic mass is 9.71. The molecule has 3 rings (SSSR count). The molecule has 1 aromatic carbocycles. The third-order valence-electron chi connectivity index (χ3n) is 4.73. The summed E-state index contributed by atoms with van der Waals surface area (Å²) in [6.45, 7) is 9.67. The zero-order valence-corrected chi connectivity index (χ0v) is 10.7. The van der Waals surface area contributed by atoms with Gasteiger partial charge in [-0.25, -0.2) is 0 Å². The lowest BCUT2D eigenvalue weighted by Crippen LogP contribution is -2.42. The SMILES string of the molecule is CC1(C)c2ccccc2C(C)(C)C12CS2. The van der Waals surface area contributed by atoms with Crippen molar-refractivity contribution in [2.24, 2.45) is 0 Å². The zero-order chi connectivity index (χ0) is 10.9. The van der Waals surface area contributed by atoms with Gasteiger partial charge < -0.3 is 0 Å². The predicted octanol–water partition coefficient (Wildman–Crippen LogP) is 3.74. The van der Waals surface area contributed by atoms with Crippen molar-refractivity contribution >= 4 is 11.8 Å². The number of rotatable bonds is 0. The minimum Gasteiger partial charge on any atom is -0.151 e. The van der Waals surface area contributed by atoms with E-state index in [-0.39, 0.29) is 0 Å². The van der Waals surface area contributed by atoms with Crippen molar-refractivity contribution in [2.45, 2.75) is 43.3 Å². The number of benzene rings is 1. The number of thioether (sulfide) groups is 1. The van der Waals surface area contributed by atoms with Crippen molar-refractivity contribution in [1.82, 2.24) is 0 Å². The maximum absolute atomic E-state index is 2.42. The maximum Gasteiger partial charge on any atom is 0.0433 e. The van der Waals surface area contributed by atoms with Crippen LogP contribution < -0.4 is 0 Å². The van der Waals surface area contributed by atoms with Crippen LogP contribution in [0.15, 0.2) is 24.3 Å². The van der Waals surface area contributed by atoms with Gasteiger partial charge in [0.2, 0.25) is 0 Å². The Morgan fingerprint density at radius 3 is 1.67 bits per heavy atom. The van der Waals surface area contributed by atoms with E-state index >= 15 is 0 Å². The standard InChI is InChI=1S/C14H18S/c1-12(2)10-7-5-6-8-11(10)13(3,4)14(12)9-15-14/h5-8H,9H2,1-4H3. The highest BCUT2D eigenvalue weighted by molar-refractivity contribution is 8.08. The van der Waals surface area contributed by atoms with Crippen LogP contribution in [0.4, 0.5) is 0 Å². The molecule has 15 heavy (non-hydrogen) atoms. The van der Waals surface area contributed by atoms with E-state index in [1.165, 1.54) is 5.75 Å². The molecule has 0 radical (unpaired) electrons. The van der Waals surface area contributed by atoms with Gasteiger partial charge in [-0.1, -0.05) is 52.0 Å². The van der Waals surface area contributed by atoms with Crippen LogP contribution >= 0.6 is 11.8 Å². The van der Waals surface area contributed by atoms with Gasteiger partial charge in [-0.2, -0.15) is 11.8 Å². The first kappa shape index (κ1) is 9.77. The molecular formula is C14H18S. The van der Waals surface area contributed by atoms with E-state index in [4.69, 9.17) is 0 Å². The Morgan fingerprint density at radius 1 is 0.933 bits per heavy atom. The molecule has 0 atom stereocenters. The molecule has 1 heterocycles. The lowest BCUT2D eigenvalue weighted by Gasteiger charge is -2.35. The minimum atomic E-state index is 0.331. The molecule has 1 aromatic rings. The summed E-state index contributed by atoms with van der Waals surface area (Å²) < 4.78 is 0.462. The fourth-order valence-corrected chi connectivity index (χ4v) is 5.39. The average Bonchev–Trinajstić information content (AvgIpc) is 2.96. The summed E-state index contributed by atoms with van der Waals surface area (Å²) >= 11 is 2.15. The summed E-state index contributed by atoms with van der Waals surface area (Å²) in [4.78, 5) is 0. The van der Waals surface area contributed by atoms with Crippen molar-refractivity contribution in [2.75, 3.05) is 5.75 Å². The molecule has 1 aliphatic carbocycles. The molecule has 0 N–H and O–H groups in total. The third-order valence-corrected chi connectivity index (χ3v) is 6.61. The van der Waals surface area contributed by atoms with Gasteiger partial charge in [0, 0.05) is 21.3 Å². The summed E-state index contributed by atoms with van der Waals surface area (Å²) in [5.41, 5.74) is 3.80. The summed E-state index contributed by atoms with van der Waals surface area (Å²) in [7, 11) is 0. The normalized spacial score (nSPS) is 27.7. The molecule has 1 saturated heterocycles. The van der Waals surface area contributed by atoms with Crippen LogP contribution in [-0.4, -0.2) is 10.5 Å². The van der Waals surface area contributed by atoms with Gasteiger partial charge in [-0.15, -0.1) is 0 Å². The number of hydrogen-bond acceptors (Lipinski definition) is 1. The minimum absolute atomic E-state index is 0.331. The lowest BCUT2D eigenvalue weighted by molar-refractivity contribution is 0.345. The van der Waals surface area contributed by atoms with E-state index in [1.807, 2.05) is 0 Å². The van der Waals surface area contributed by atoms with Crippen LogP contribution in [0.3, 0.4) is 0 Å². The van der Waals surface area contributed by atoms with Crippen molar-refractivity contribution in [3.05, 3.63) is 35.4 Å². The molecule has 2 aliphatic rings. The highest BCUT2D eigenvalue weighted by Crippen LogP contribution is 2.71. The van der Waals surface area contributed by atoms with E-state index < -0.39 is 0 Å². The quantitative estimate of drug-likeness (QED) is 0.598. The van der Waals surface area contributed by atoms with Gasteiger partial charge in [0.1, 0.15) is 0 Å². The Balaban J connectivity index is 2.32. The molecule has 1 aliphatic heterocycles. The highest BCUT2D eigenvalue weighted by Gasteiger charge is 2.69. The molecule has 0 bridgehead atoms. The molecule has 1 spiro atoms. The smallest absolute Gasteiger partial charge is 0.0433 e. The largest absolute Gasteiger partial charge is 0.151 e. The van der Waals surface area contributed by atoms with Gasteiger partial charge in [-0.05, 0) is 11.1 Å². The molecular weight excluding hydrogens is 200 g/mol. The first-order valence-electron chi connectivity index (χ1n) is 5.67. The van der Waals surface area contributed by atoms with Crippen LogP contribution in [0.2, 0.25) is 0 Å². The van der Waals surface area contributed by atoms with Gasteiger partial charge in [0.05, 0.1) is 0 Å². The van der Waals surface area contributed by atoms with E-state index in [0.717, 1.165) is 0 Å². The number of hydrogen-bond donors (Lipinski definition) is 0. The maximum atomic E-state index is 2.42. The van der Waals surface area contributed by atoms with E-state index in [1.54, 1.807) is 11.1 Å². The van der Waals surface area contributed by atoms with Crippen LogP contribution in [0, 0.1) is 0 Å². The fourth-order valence-electron chi connectivity index (χ4n) is 3.58. The Hall–Kier alpha value is -0.430. The van der Waals surface area contributed by atoms with Gasteiger partial charge >= 0.3 is 0 Å². The summed E-state index contributed by atoms with van der Waals surface area (Å²) in [6.07, 6.45) is 0. The Bertz CT molecular complexity index is 388. The average molecular weight is 218 g/mol. The summed E-state index contributed by atoms with van der Waals surface area (Å²) in [6, 6.07) is 9.01. The second-order valence-corrected chi connectivity index (χ2v) is 7.19. The highest BCUT2D eigenvalue weighted by atomic mass is 32.2. The Labute approximate surface area is 96.5 Å². The van der Waals surface area contributed by atoms with E-state index in [0.29, 0.717) is 15.6 Å². The van der Waals surface area contributed by atoms with Crippen molar-refractivity contribution < 1.29 is 0 Å². The second-order valence-electron chi connectivity index (χ2n) is 5.91. The van der Waals surface area contributed by atoms with Gasteiger partial charge in [0.15, 0.2) is 0 Å². The molecule has 0 aromatic heterocycles. The molecule has 1 fully saturated rings. The van der Waals surface area contributed by atoms with Crippen molar-refractivity contribution in [1.29, 1.82) is 0 Å². The molecule has 1 heteroatoms. The van der Waals surface area contributed by atoms with Crippen LogP contribution in [0.5, 0.6) is 0 Å². The van der Waals surface area contributed by atoms with E-state index in [2.05, 4.69) is 63.7 Å². The molecule has 0 amide bonds. The van der Waals surface area contributed by atoms with Gasteiger partial charge in [-0.3, -0.25) is 0 Å². The van der Waals surface area contributed by atoms with Crippen LogP contribution in [0.25, 0.3) is 0 Å². The Morgan fingerprint density at radius 2 is 1.33 bits per heavy atom. The van der Waals surface area contributed by atoms with Crippen LogP contribution in [0.1, 0.15) is 38.8 Å². The summed E-state index contributed by atoms with van der Waals surface area (Å²) in [5, 5.41) is 0. The topological polar surface area (TPSA) is 0 Å². The molecule has 80 valence electrons. The van der Waals surface area contributed by atoms with Gasteiger partial charge in [0.25, 0.3) is 0 Å². The van der Waals surface area contributed by atoms with Crippen molar-refractivity contribution in [3.63, 3.8) is 0 Å².